The fourth-order valence-corrected chi connectivity index (χ4v) is 5.43. The predicted molar refractivity (Wildman–Crippen MR) is 117 cm³/mol. The summed E-state index contributed by atoms with van der Waals surface area (Å²) >= 11 is 0. The molecule has 0 heterocycles. The molecule has 0 amide bonds. The topological polar surface area (TPSA) is 38.3 Å². The number of hydrogen-bond donors (Lipinski definition) is 1. The molecular weight excluding hydrogens is 358 g/mol. The van der Waals surface area contributed by atoms with Gasteiger partial charge in [0.2, 0.25) is 0 Å². The third kappa shape index (κ3) is 3.98. The molecule has 1 saturated carbocycles. The van der Waals surface area contributed by atoms with Gasteiger partial charge in [-0.25, -0.2) is 0 Å². The maximum absolute atomic E-state index is 11.9. The molecule has 1 N–H and O–H groups in total. The normalized spacial score (nSPS) is 23.3. The van der Waals surface area contributed by atoms with Crippen LogP contribution in [-0.4, -0.2) is 25.7 Å². The summed E-state index contributed by atoms with van der Waals surface area (Å²) in [5, 5.41) is 3.76. The maximum Gasteiger partial charge on any atom is 0.311 e. The molecular formula is C26H33NO2. The van der Waals surface area contributed by atoms with Crippen LogP contribution in [0, 0.1) is 5.41 Å². The molecule has 0 saturated heterocycles. The Balaban J connectivity index is 1.51. The smallest absolute Gasteiger partial charge is 0.311 e. The number of fused-ring (bicyclic) bond motifs is 3. The highest BCUT2D eigenvalue weighted by molar-refractivity contribution is 5.75. The third-order valence-electron chi connectivity index (χ3n) is 7.15. The van der Waals surface area contributed by atoms with Crippen LogP contribution in [0.2, 0.25) is 0 Å². The first kappa shape index (κ1) is 20.2. The lowest BCUT2D eigenvalue weighted by Crippen LogP contribution is -2.35. The maximum atomic E-state index is 11.9. The van der Waals surface area contributed by atoms with E-state index in [2.05, 4.69) is 53.8 Å². The van der Waals surface area contributed by atoms with E-state index in [1.54, 1.807) is 5.56 Å². The van der Waals surface area contributed by atoms with Crippen molar-refractivity contribution in [2.45, 2.75) is 63.8 Å². The summed E-state index contributed by atoms with van der Waals surface area (Å²) in [7, 11) is 1.47. The quantitative estimate of drug-likeness (QED) is 0.744. The standard InChI is InChI=1S/C26H33NO2/c1-25(2,24(28)29-3)14-15-27-22-12-13-26(18-22)17-21-10-5-4-8-19(21)16-20-9-6-7-11-23(20)26/h4-11,22,27H,12-18H2,1-3H3. The third-order valence-corrected chi connectivity index (χ3v) is 7.15. The minimum absolute atomic E-state index is 0.128. The Morgan fingerprint density at radius 2 is 1.79 bits per heavy atom. The van der Waals surface area contributed by atoms with Gasteiger partial charge in [-0.3, -0.25) is 4.79 Å². The lowest BCUT2D eigenvalue weighted by atomic mass is 9.73. The van der Waals surface area contributed by atoms with E-state index >= 15 is 0 Å². The average molecular weight is 392 g/mol. The summed E-state index contributed by atoms with van der Waals surface area (Å²) < 4.78 is 4.95. The number of hydrogen-bond acceptors (Lipinski definition) is 3. The highest BCUT2D eigenvalue weighted by Crippen LogP contribution is 2.47. The molecule has 2 aliphatic rings. The number of benzene rings is 2. The predicted octanol–water partition coefficient (Wildman–Crippen LogP) is 4.80. The monoisotopic (exact) mass is 391 g/mol. The summed E-state index contributed by atoms with van der Waals surface area (Å²) in [5.41, 5.74) is 5.81. The van der Waals surface area contributed by atoms with Crippen molar-refractivity contribution in [1.82, 2.24) is 5.32 Å². The summed E-state index contributed by atoms with van der Waals surface area (Å²) in [6.07, 6.45) is 6.54. The van der Waals surface area contributed by atoms with E-state index in [0.29, 0.717) is 6.04 Å². The number of nitrogens with one attached hydrogen (secondary N) is 1. The van der Waals surface area contributed by atoms with E-state index in [1.807, 2.05) is 13.8 Å². The lowest BCUT2D eigenvalue weighted by Gasteiger charge is -2.31. The molecule has 2 aliphatic carbocycles. The van der Waals surface area contributed by atoms with Gasteiger partial charge in [0.1, 0.15) is 0 Å². The summed E-state index contributed by atoms with van der Waals surface area (Å²) in [4.78, 5) is 11.9. The van der Waals surface area contributed by atoms with Crippen molar-refractivity contribution in [3.05, 3.63) is 70.8 Å². The second-order valence-electron chi connectivity index (χ2n) is 9.58. The zero-order chi connectivity index (χ0) is 20.5. The zero-order valence-electron chi connectivity index (χ0n) is 18.0. The highest BCUT2D eigenvalue weighted by atomic mass is 16.5. The van der Waals surface area contributed by atoms with Crippen molar-refractivity contribution >= 4 is 5.97 Å². The molecule has 3 nitrogen and oxygen atoms in total. The van der Waals surface area contributed by atoms with Crippen LogP contribution in [0.5, 0.6) is 0 Å². The molecule has 0 radical (unpaired) electrons. The fourth-order valence-electron chi connectivity index (χ4n) is 5.43. The molecule has 0 aliphatic heterocycles. The van der Waals surface area contributed by atoms with Gasteiger partial charge in [0.05, 0.1) is 12.5 Å². The minimum atomic E-state index is -0.439. The van der Waals surface area contributed by atoms with Crippen molar-refractivity contribution in [3.8, 4) is 0 Å². The second kappa shape index (κ2) is 7.95. The molecule has 2 aromatic rings. The molecule has 1 fully saturated rings. The average Bonchev–Trinajstić information content (AvgIpc) is 3.06. The molecule has 4 rings (SSSR count). The van der Waals surface area contributed by atoms with Gasteiger partial charge in [0.15, 0.2) is 0 Å². The van der Waals surface area contributed by atoms with Crippen molar-refractivity contribution < 1.29 is 9.53 Å². The SMILES string of the molecule is COC(=O)C(C)(C)CCNC1CCC2(Cc3ccccc3Cc3ccccc32)C1. The lowest BCUT2D eigenvalue weighted by molar-refractivity contribution is -0.151. The number of carbonyl (C=O) groups excluding carboxylic acids is 1. The van der Waals surface area contributed by atoms with E-state index in [1.165, 1.54) is 36.6 Å². The largest absolute Gasteiger partial charge is 0.469 e. The van der Waals surface area contributed by atoms with Crippen LogP contribution in [0.4, 0.5) is 0 Å². The number of rotatable bonds is 5. The first-order valence-electron chi connectivity index (χ1n) is 10.9. The summed E-state index contributed by atoms with van der Waals surface area (Å²) in [6, 6.07) is 18.5. The number of ether oxygens (including phenoxy) is 1. The van der Waals surface area contributed by atoms with Gasteiger partial charge in [0.25, 0.3) is 0 Å². The molecule has 2 aromatic carbocycles. The van der Waals surface area contributed by atoms with Gasteiger partial charge in [-0.15, -0.1) is 0 Å². The molecule has 1 spiro atoms. The number of carbonyl (C=O) groups is 1. The van der Waals surface area contributed by atoms with Crippen molar-refractivity contribution in [3.63, 3.8) is 0 Å². The molecule has 29 heavy (non-hydrogen) atoms. The van der Waals surface area contributed by atoms with E-state index in [0.717, 1.165) is 32.2 Å². The van der Waals surface area contributed by atoms with Gasteiger partial charge in [-0.05, 0) is 81.2 Å². The minimum Gasteiger partial charge on any atom is -0.469 e. The van der Waals surface area contributed by atoms with Crippen LogP contribution in [0.15, 0.2) is 48.5 Å². The molecule has 0 aromatic heterocycles. The highest BCUT2D eigenvalue weighted by Gasteiger charge is 2.43. The molecule has 2 atom stereocenters. The van der Waals surface area contributed by atoms with Crippen molar-refractivity contribution in [2.24, 2.45) is 5.41 Å². The van der Waals surface area contributed by atoms with Crippen LogP contribution >= 0.6 is 0 Å². The van der Waals surface area contributed by atoms with Crippen molar-refractivity contribution in [2.75, 3.05) is 13.7 Å². The Morgan fingerprint density at radius 1 is 1.10 bits per heavy atom. The molecule has 2 unspecified atom stereocenters. The molecule has 0 bridgehead atoms. The molecule has 3 heteroatoms. The Morgan fingerprint density at radius 3 is 2.55 bits per heavy atom. The first-order valence-corrected chi connectivity index (χ1v) is 10.9. The van der Waals surface area contributed by atoms with E-state index in [9.17, 15) is 4.79 Å². The summed E-state index contributed by atoms with van der Waals surface area (Å²) in [6.45, 7) is 4.78. The van der Waals surface area contributed by atoms with Crippen LogP contribution in [0.3, 0.4) is 0 Å². The Kier molecular flexibility index (Phi) is 5.52. The summed E-state index contributed by atoms with van der Waals surface area (Å²) in [5.74, 6) is -0.128. The van der Waals surface area contributed by atoms with Crippen LogP contribution in [0.25, 0.3) is 0 Å². The van der Waals surface area contributed by atoms with Crippen molar-refractivity contribution in [1.29, 1.82) is 0 Å². The van der Waals surface area contributed by atoms with Gasteiger partial charge >= 0.3 is 5.97 Å². The van der Waals surface area contributed by atoms with E-state index < -0.39 is 5.41 Å². The van der Waals surface area contributed by atoms with Crippen LogP contribution < -0.4 is 5.32 Å². The Bertz CT molecular complexity index is 888. The van der Waals surface area contributed by atoms with Gasteiger partial charge in [-0.2, -0.15) is 0 Å². The van der Waals surface area contributed by atoms with Crippen LogP contribution in [0.1, 0.15) is 61.8 Å². The molecule has 154 valence electrons. The van der Waals surface area contributed by atoms with Gasteiger partial charge in [0, 0.05) is 11.5 Å². The van der Waals surface area contributed by atoms with Crippen LogP contribution in [-0.2, 0) is 27.8 Å². The fraction of sp³-hybridized carbons (Fsp3) is 0.500. The number of methoxy groups -OCH3 is 1. The first-order chi connectivity index (χ1) is 13.9. The van der Waals surface area contributed by atoms with E-state index in [4.69, 9.17) is 4.74 Å². The Hall–Kier alpha value is -2.13. The Labute approximate surface area is 174 Å². The van der Waals surface area contributed by atoms with Gasteiger partial charge < -0.3 is 10.1 Å². The number of esters is 1. The zero-order valence-corrected chi connectivity index (χ0v) is 18.0. The van der Waals surface area contributed by atoms with E-state index in [-0.39, 0.29) is 11.4 Å². The second-order valence-corrected chi connectivity index (χ2v) is 9.58. The van der Waals surface area contributed by atoms with Gasteiger partial charge in [-0.1, -0.05) is 48.5 Å².